The molecular weight excluding hydrogens is 311 g/mol. The van der Waals surface area contributed by atoms with E-state index in [0.29, 0.717) is 0 Å². The molecule has 4 aliphatic rings. The van der Waals surface area contributed by atoms with Gasteiger partial charge in [0, 0.05) is 19.0 Å². The summed E-state index contributed by atoms with van der Waals surface area (Å²) in [7, 11) is 1.20. The topological polar surface area (TPSA) is 36.9 Å². The Morgan fingerprint density at radius 3 is 2.09 bits per heavy atom. The Kier molecular flexibility index (Phi) is 3.23. The molecule has 5 rings (SSSR count). The van der Waals surface area contributed by atoms with E-state index in [2.05, 4.69) is 39.8 Å². The van der Waals surface area contributed by atoms with E-state index in [9.17, 15) is 0 Å². The second kappa shape index (κ2) is 4.70. The normalized spacial score (nSPS) is 47.8. The molecule has 4 fully saturated rings. The number of ether oxygens (including phenoxy) is 4. The molecule has 0 aliphatic carbocycles. The summed E-state index contributed by atoms with van der Waals surface area (Å²) in [6.45, 7) is 8.60. The van der Waals surface area contributed by atoms with Crippen LogP contribution in [0.1, 0.15) is 46.1 Å². The van der Waals surface area contributed by atoms with Crippen LogP contribution in [-0.4, -0.2) is 29.4 Å². The fourth-order valence-corrected chi connectivity index (χ4v) is 8.81. The largest absolute Gasteiger partial charge is 0.496 e. The Balaban J connectivity index is 1.72. The van der Waals surface area contributed by atoms with Gasteiger partial charge in [0.05, 0.1) is 17.8 Å². The summed E-state index contributed by atoms with van der Waals surface area (Å²) in [5.74, 6) is -0.118. The highest BCUT2D eigenvalue weighted by Crippen LogP contribution is 2.77. The predicted molar refractivity (Wildman–Crippen MR) is 89.7 cm³/mol. The highest BCUT2D eigenvalue weighted by Gasteiger charge is 2.70. The molecule has 4 bridgehead atoms. The third kappa shape index (κ3) is 2.34. The molecule has 23 heavy (non-hydrogen) atoms. The molecule has 4 saturated heterocycles. The van der Waals surface area contributed by atoms with Gasteiger partial charge in [-0.25, -0.2) is 0 Å². The maximum atomic E-state index is 6.47. The predicted octanol–water partition coefficient (Wildman–Crippen LogP) is 4.41. The van der Waals surface area contributed by atoms with E-state index in [0.717, 1.165) is 24.8 Å². The van der Waals surface area contributed by atoms with Gasteiger partial charge in [0.25, 0.3) is 0 Å². The highest BCUT2D eigenvalue weighted by atomic mass is 31.1. The van der Waals surface area contributed by atoms with Gasteiger partial charge in [-0.15, -0.1) is 0 Å². The third-order valence-electron chi connectivity index (χ3n) is 5.26. The van der Waals surface area contributed by atoms with Crippen LogP contribution in [0.25, 0.3) is 0 Å². The molecule has 4 atom stereocenters. The minimum Gasteiger partial charge on any atom is -0.496 e. The van der Waals surface area contributed by atoms with Crippen LogP contribution in [-0.2, 0) is 20.4 Å². The van der Waals surface area contributed by atoms with Crippen molar-refractivity contribution < 1.29 is 18.9 Å². The first kappa shape index (κ1) is 15.8. The van der Waals surface area contributed by atoms with Gasteiger partial charge in [-0.2, -0.15) is 0 Å². The minimum atomic E-state index is -0.536. The van der Waals surface area contributed by atoms with E-state index in [4.69, 9.17) is 18.9 Å². The van der Waals surface area contributed by atoms with Crippen molar-refractivity contribution in [1.82, 2.24) is 0 Å². The summed E-state index contributed by atoms with van der Waals surface area (Å²) >= 11 is 0. The molecule has 0 amide bonds. The lowest BCUT2D eigenvalue weighted by atomic mass is 9.98. The van der Waals surface area contributed by atoms with Crippen molar-refractivity contribution in [2.24, 2.45) is 0 Å². The highest BCUT2D eigenvalue weighted by molar-refractivity contribution is 7.59. The number of hydrogen-bond acceptors (Lipinski definition) is 4. The van der Waals surface area contributed by atoms with E-state index >= 15 is 0 Å². The molecule has 4 aliphatic heterocycles. The molecule has 0 aromatic heterocycles. The molecule has 0 N–H and O–H groups in total. The van der Waals surface area contributed by atoms with Crippen LogP contribution in [0.4, 0.5) is 0 Å². The second-order valence-corrected chi connectivity index (χ2v) is 10.7. The van der Waals surface area contributed by atoms with Crippen molar-refractivity contribution in [3.63, 3.8) is 0 Å². The molecule has 4 nitrogen and oxygen atoms in total. The lowest BCUT2D eigenvalue weighted by Gasteiger charge is -2.69. The fourth-order valence-electron chi connectivity index (χ4n) is 4.98. The Hall–Kier alpha value is -0.670. The molecule has 1 aromatic carbocycles. The zero-order chi connectivity index (χ0) is 16.5. The molecule has 0 spiro atoms. The van der Waals surface area contributed by atoms with Crippen molar-refractivity contribution in [2.45, 2.75) is 69.0 Å². The van der Waals surface area contributed by atoms with Crippen LogP contribution < -0.4 is 4.74 Å². The van der Waals surface area contributed by atoms with Crippen molar-refractivity contribution in [3.05, 3.63) is 29.8 Å². The summed E-state index contributed by atoms with van der Waals surface area (Å²) in [4.78, 5) is 0. The van der Waals surface area contributed by atoms with E-state index in [-0.39, 0.29) is 10.7 Å². The van der Waals surface area contributed by atoms with Gasteiger partial charge < -0.3 is 18.9 Å². The maximum absolute atomic E-state index is 6.47. The number of para-hydroxylation sites is 1. The average Bonchev–Trinajstić information content (AvgIpc) is 2.39. The quantitative estimate of drug-likeness (QED) is 0.766. The van der Waals surface area contributed by atoms with Crippen LogP contribution in [0.2, 0.25) is 0 Å². The van der Waals surface area contributed by atoms with Gasteiger partial charge in [-0.05, 0) is 47.2 Å². The zero-order valence-electron chi connectivity index (χ0n) is 14.5. The molecule has 4 heterocycles. The Morgan fingerprint density at radius 2 is 1.52 bits per heavy atom. The van der Waals surface area contributed by atoms with Crippen LogP contribution >= 0.6 is 7.92 Å². The van der Waals surface area contributed by atoms with E-state index in [1.165, 1.54) is 5.56 Å². The molecule has 0 saturated carbocycles. The van der Waals surface area contributed by atoms with E-state index in [1.54, 1.807) is 7.11 Å². The smallest absolute Gasteiger partial charge is 0.173 e. The summed E-state index contributed by atoms with van der Waals surface area (Å²) in [6.07, 6.45) is 2.51. The number of methoxy groups -OCH3 is 1. The van der Waals surface area contributed by atoms with E-state index < -0.39 is 19.5 Å². The summed E-state index contributed by atoms with van der Waals surface area (Å²) in [6, 6.07) is 8.26. The lowest BCUT2D eigenvalue weighted by molar-refractivity contribution is -0.468. The fraction of sp³-hybridized carbons (Fsp3) is 0.667. The Morgan fingerprint density at radius 1 is 0.957 bits per heavy atom. The first-order chi connectivity index (χ1) is 10.7. The van der Waals surface area contributed by atoms with Gasteiger partial charge in [0.2, 0.25) is 0 Å². The van der Waals surface area contributed by atoms with Crippen molar-refractivity contribution >= 4 is 7.92 Å². The van der Waals surface area contributed by atoms with Crippen molar-refractivity contribution in [3.8, 4) is 5.75 Å². The number of hydrogen-bond donors (Lipinski definition) is 0. The van der Waals surface area contributed by atoms with Crippen LogP contribution in [0.15, 0.2) is 24.3 Å². The van der Waals surface area contributed by atoms with Gasteiger partial charge in [-0.1, -0.05) is 18.2 Å². The average molecular weight is 336 g/mol. The third-order valence-corrected chi connectivity index (χ3v) is 8.70. The molecule has 126 valence electrons. The number of rotatable bonds is 3. The standard InChI is InChI=1S/C18H25O4P/c1-15-11-17(3)22-16(2,20-15)12-18(4,21-15)23(17)10-13-8-6-7-9-14(13)19-5/h6-9H,10-12H2,1-5H3. The monoisotopic (exact) mass is 336 g/mol. The van der Waals surface area contributed by atoms with E-state index in [1.807, 2.05) is 12.1 Å². The van der Waals surface area contributed by atoms with Crippen LogP contribution in [0.3, 0.4) is 0 Å². The first-order valence-electron chi connectivity index (χ1n) is 8.20. The Labute approximate surface area is 139 Å². The van der Waals surface area contributed by atoms with Gasteiger partial charge in [0.15, 0.2) is 11.6 Å². The van der Waals surface area contributed by atoms with Crippen LogP contribution in [0.5, 0.6) is 5.75 Å². The van der Waals surface area contributed by atoms with Gasteiger partial charge >= 0.3 is 0 Å². The maximum Gasteiger partial charge on any atom is 0.173 e. The number of benzene rings is 1. The zero-order valence-corrected chi connectivity index (χ0v) is 15.4. The SMILES string of the molecule is COc1ccccc1CP1C2(C)CC3(C)OC(C)(CC1(C)O3)O2. The molecule has 4 unspecified atom stereocenters. The molecule has 1 aromatic rings. The molecule has 0 radical (unpaired) electrons. The van der Waals surface area contributed by atoms with Crippen molar-refractivity contribution in [2.75, 3.05) is 7.11 Å². The summed E-state index contributed by atoms with van der Waals surface area (Å²) in [5, 5.41) is -0.383. The first-order valence-corrected chi connectivity index (χ1v) is 9.72. The second-order valence-electron chi connectivity index (χ2n) is 7.68. The van der Waals surface area contributed by atoms with Crippen molar-refractivity contribution in [1.29, 1.82) is 0 Å². The lowest BCUT2D eigenvalue weighted by Crippen LogP contribution is -2.71. The van der Waals surface area contributed by atoms with Gasteiger partial charge in [-0.3, -0.25) is 0 Å². The summed E-state index contributed by atoms with van der Waals surface area (Å²) in [5.41, 5.74) is 1.24. The molecular formula is C18H25O4P. The Bertz CT molecular complexity index is 602. The van der Waals surface area contributed by atoms with Crippen LogP contribution in [0, 0.1) is 0 Å². The molecule has 5 heteroatoms. The minimum absolute atomic E-state index is 0.191. The summed E-state index contributed by atoms with van der Waals surface area (Å²) < 4.78 is 24.6. The van der Waals surface area contributed by atoms with Gasteiger partial charge in [0.1, 0.15) is 5.75 Å².